The standard InChI is InChI=1S/C26H31FN2O3S/c1-5-16-28(19-20-6-10-23(27)11-7-20)25(30)21-14-17-29(18-15-21)33(31,32)24-12-8-22(9-13-24)26(2,3)4/h1,6-13,21H,14-19H2,2-4H3. The lowest BCUT2D eigenvalue weighted by atomic mass is 9.87. The summed E-state index contributed by atoms with van der Waals surface area (Å²) in [5, 5.41) is 0. The number of nitrogens with zero attached hydrogens (tertiary/aromatic N) is 2. The Morgan fingerprint density at radius 2 is 1.67 bits per heavy atom. The van der Waals surface area contributed by atoms with Crippen LogP contribution in [0.4, 0.5) is 4.39 Å². The molecule has 1 fully saturated rings. The van der Waals surface area contributed by atoms with Crippen molar-refractivity contribution in [3.05, 3.63) is 65.5 Å². The van der Waals surface area contributed by atoms with Crippen LogP contribution in [0, 0.1) is 24.1 Å². The fraction of sp³-hybridized carbons (Fsp3) is 0.423. The predicted molar refractivity (Wildman–Crippen MR) is 127 cm³/mol. The number of carbonyl (C=O) groups is 1. The maximum atomic E-state index is 13.2. The summed E-state index contributed by atoms with van der Waals surface area (Å²) >= 11 is 0. The molecule has 0 radical (unpaired) electrons. The maximum absolute atomic E-state index is 13.2. The molecule has 176 valence electrons. The Morgan fingerprint density at radius 3 is 2.18 bits per heavy atom. The molecule has 0 N–H and O–H groups in total. The van der Waals surface area contributed by atoms with Crippen LogP contribution in [0.15, 0.2) is 53.4 Å². The minimum Gasteiger partial charge on any atom is -0.327 e. The van der Waals surface area contributed by atoms with Crippen LogP contribution in [0.1, 0.15) is 44.7 Å². The van der Waals surface area contributed by atoms with Gasteiger partial charge in [0, 0.05) is 25.6 Å². The topological polar surface area (TPSA) is 57.7 Å². The molecule has 0 aromatic heterocycles. The second-order valence-electron chi connectivity index (χ2n) is 9.48. The van der Waals surface area contributed by atoms with Crippen LogP contribution in [-0.4, -0.2) is 43.2 Å². The molecule has 2 aromatic carbocycles. The molecule has 33 heavy (non-hydrogen) atoms. The van der Waals surface area contributed by atoms with Crippen molar-refractivity contribution in [1.82, 2.24) is 9.21 Å². The van der Waals surface area contributed by atoms with Crippen molar-refractivity contribution in [2.45, 2.75) is 50.5 Å². The van der Waals surface area contributed by atoms with E-state index in [1.807, 2.05) is 12.1 Å². The van der Waals surface area contributed by atoms with E-state index >= 15 is 0 Å². The molecule has 0 saturated carbocycles. The molecule has 0 bridgehead atoms. The quantitative estimate of drug-likeness (QED) is 0.595. The first kappa shape index (κ1) is 24.9. The molecule has 1 aliphatic rings. The van der Waals surface area contributed by atoms with Crippen molar-refractivity contribution in [1.29, 1.82) is 0 Å². The van der Waals surface area contributed by atoms with E-state index in [0.717, 1.165) is 11.1 Å². The normalized spacial score (nSPS) is 15.7. The number of carbonyl (C=O) groups excluding carboxylic acids is 1. The average molecular weight is 471 g/mol. The number of piperidine rings is 1. The highest BCUT2D eigenvalue weighted by molar-refractivity contribution is 7.89. The van der Waals surface area contributed by atoms with Gasteiger partial charge in [0.05, 0.1) is 11.4 Å². The Balaban J connectivity index is 1.65. The molecule has 1 aliphatic heterocycles. The molecule has 1 saturated heterocycles. The number of sulfonamides is 1. The van der Waals surface area contributed by atoms with E-state index in [4.69, 9.17) is 6.42 Å². The third-order valence-electron chi connectivity index (χ3n) is 6.04. The SMILES string of the molecule is C#CCN(Cc1ccc(F)cc1)C(=O)C1CCN(S(=O)(=O)c2ccc(C(C)(C)C)cc2)CC1. The molecular weight excluding hydrogens is 439 g/mol. The minimum atomic E-state index is -3.62. The number of hydrogen-bond acceptors (Lipinski definition) is 3. The number of halogens is 1. The molecule has 0 aliphatic carbocycles. The van der Waals surface area contributed by atoms with E-state index in [2.05, 4.69) is 26.7 Å². The number of hydrogen-bond donors (Lipinski definition) is 0. The molecule has 0 atom stereocenters. The first-order valence-electron chi connectivity index (χ1n) is 11.1. The van der Waals surface area contributed by atoms with Gasteiger partial charge in [-0.25, -0.2) is 12.8 Å². The van der Waals surface area contributed by atoms with Crippen molar-refractivity contribution in [2.24, 2.45) is 5.92 Å². The summed E-state index contributed by atoms with van der Waals surface area (Å²) in [7, 11) is -3.62. The van der Waals surface area contributed by atoms with E-state index in [1.165, 1.54) is 16.4 Å². The largest absolute Gasteiger partial charge is 0.327 e. The summed E-state index contributed by atoms with van der Waals surface area (Å²) in [6, 6.07) is 13.0. The lowest BCUT2D eigenvalue weighted by Gasteiger charge is -2.33. The van der Waals surface area contributed by atoms with Gasteiger partial charge in [-0.1, -0.05) is 51.0 Å². The van der Waals surface area contributed by atoms with Gasteiger partial charge < -0.3 is 4.90 Å². The van der Waals surface area contributed by atoms with Gasteiger partial charge in [0.2, 0.25) is 15.9 Å². The molecular formula is C26H31FN2O3S. The van der Waals surface area contributed by atoms with Crippen LogP contribution in [0.25, 0.3) is 0 Å². The van der Waals surface area contributed by atoms with Gasteiger partial charge in [0.25, 0.3) is 0 Å². The van der Waals surface area contributed by atoms with Gasteiger partial charge in [0.1, 0.15) is 5.82 Å². The first-order chi connectivity index (χ1) is 15.5. The smallest absolute Gasteiger partial charge is 0.243 e. The van der Waals surface area contributed by atoms with E-state index < -0.39 is 10.0 Å². The predicted octanol–water partition coefficient (Wildman–Crippen LogP) is 4.19. The minimum absolute atomic E-state index is 0.0564. The van der Waals surface area contributed by atoms with Crippen LogP contribution in [0.3, 0.4) is 0 Å². The number of benzene rings is 2. The van der Waals surface area contributed by atoms with Gasteiger partial charge in [-0.15, -0.1) is 6.42 Å². The van der Waals surface area contributed by atoms with Crippen LogP contribution in [-0.2, 0) is 26.8 Å². The van der Waals surface area contributed by atoms with Crippen molar-refractivity contribution in [2.75, 3.05) is 19.6 Å². The Labute approximate surface area is 196 Å². The summed E-state index contributed by atoms with van der Waals surface area (Å²) in [5.41, 5.74) is 1.80. The monoisotopic (exact) mass is 470 g/mol. The van der Waals surface area contributed by atoms with Crippen LogP contribution in [0.5, 0.6) is 0 Å². The first-order valence-corrected chi connectivity index (χ1v) is 12.5. The Kier molecular flexibility index (Phi) is 7.61. The van der Waals surface area contributed by atoms with Crippen molar-refractivity contribution >= 4 is 15.9 Å². The molecule has 7 heteroatoms. The zero-order valence-electron chi connectivity index (χ0n) is 19.4. The van der Waals surface area contributed by atoms with Gasteiger partial charge in [-0.05, 0) is 53.6 Å². The summed E-state index contributed by atoms with van der Waals surface area (Å²) < 4.78 is 40.8. The van der Waals surface area contributed by atoms with Crippen LogP contribution < -0.4 is 0 Å². The molecule has 5 nitrogen and oxygen atoms in total. The molecule has 0 unspecified atom stereocenters. The Bertz CT molecular complexity index is 1110. The lowest BCUT2D eigenvalue weighted by molar-refractivity contribution is -0.136. The highest BCUT2D eigenvalue weighted by atomic mass is 32.2. The average Bonchev–Trinajstić information content (AvgIpc) is 2.79. The molecule has 1 heterocycles. The second kappa shape index (κ2) is 10.1. The molecule has 0 spiro atoms. The maximum Gasteiger partial charge on any atom is 0.243 e. The summed E-state index contributed by atoms with van der Waals surface area (Å²) in [5.74, 6) is 1.78. The zero-order valence-corrected chi connectivity index (χ0v) is 20.2. The van der Waals surface area contributed by atoms with E-state index in [0.29, 0.717) is 19.4 Å². The number of terminal acetylenes is 1. The fourth-order valence-electron chi connectivity index (χ4n) is 4.01. The third kappa shape index (κ3) is 6.01. The van der Waals surface area contributed by atoms with E-state index in [1.54, 1.807) is 29.2 Å². The zero-order chi connectivity index (χ0) is 24.2. The molecule has 2 aromatic rings. The van der Waals surface area contributed by atoms with E-state index in [9.17, 15) is 17.6 Å². The van der Waals surface area contributed by atoms with Gasteiger partial charge in [-0.3, -0.25) is 4.79 Å². The van der Waals surface area contributed by atoms with Crippen molar-refractivity contribution < 1.29 is 17.6 Å². The molecule has 1 amide bonds. The highest BCUT2D eigenvalue weighted by Crippen LogP contribution is 2.28. The Morgan fingerprint density at radius 1 is 1.09 bits per heavy atom. The molecule has 3 rings (SSSR count). The van der Waals surface area contributed by atoms with Gasteiger partial charge >= 0.3 is 0 Å². The lowest BCUT2D eigenvalue weighted by Crippen LogP contribution is -2.44. The van der Waals surface area contributed by atoms with Crippen molar-refractivity contribution in [3.8, 4) is 12.3 Å². The summed E-state index contributed by atoms with van der Waals surface area (Å²) in [6.45, 7) is 7.24. The summed E-state index contributed by atoms with van der Waals surface area (Å²) in [4.78, 5) is 15.0. The van der Waals surface area contributed by atoms with Crippen LogP contribution >= 0.6 is 0 Å². The van der Waals surface area contributed by atoms with Gasteiger partial charge in [-0.2, -0.15) is 4.31 Å². The van der Waals surface area contributed by atoms with E-state index in [-0.39, 0.29) is 47.6 Å². The number of rotatable bonds is 6. The van der Waals surface area contributed by atoms with Crippen molar-refractivity contribution in [3.63, 3.8) is 0 Å². The van der Waals surface area contributed by atoms with Crippen LogP contribution in [0.2, 0.25) is 0 Å². The van der Waals surface area contributed by atoms with Gasteiger partial charge in [0.15, 0.2) is 0 Å². The highest BCUT2D eigenvalue weighted by Gasteiger charge is 2.34. The third-order valence-corrected chi connectivity index (χ3v) is 7.95. The fourth-order valence-corrected chi connectivity index (χ4v) is 5.48. The number of amides is 1. The second-order valence-corrected chi connectivity index (χ2v) is 11.4. The summed E-state index contributed by atoms with van der Waals surface area (Å²) in [6.07, 6.45) is 6.33. The Hall–Kier alpha value is -2.69.